The second kappa shape index (κ2) is 3.88. The molecule has 0 bridgehead atoms. The highest BCUT2D eigenvalue weighted by Gasteiger charge is 2.11. The number of nitrogens with two attached hydrogens (primary N) is 1. The largest absolute Gasteiger partial charge is 0.508 e. The van der Waals surface area contributed by atoms with Gasteiger partial charge in [0.05, 0.1) is 5.75 Å². The van der Waals surface area contributed by atoms with E-state index < -0.39 is 9.84 Å². The average Bonchev–Trinajstić information content (AvgIpc) is 2.10. The molecular formula is C9H13NO3S. The van der Waals surface area contributed by atoms with E-state index in [-0.39, 0.29) is 17.3 Å². The van der Waals surface area contributed by atoms with Gasteiger partial charge < -0.3 is 10.8 Å². The van der Waals surface area contributed by atoms with Gasteiger partial charge in [-0.3, -0.25) is 0 Å². The summed E-state index contributed by atoms with van der Waals surface area (Å²) in [6, 6.07) is 4.30. The predicted octanol–water partition coefficient (Wildman–Crippen LogP) is 0.909. The van der Waals surface area contributed by atoms with Gasteiger partial charge in [0.25, 0.3) is 0 Å². The Kier molecular flexibility index (Phi) is 3.00. The molecule has 5 heteroatoms. The Hall–Kier alpha value is -1.23. The first-order chi connectivity index (χ1) is 6.44. The molecule has 1 aromatic rings. The lowest BCUT2D eigenvalue weighted by molar-refractivity contribution is 0.475. The summed E-state index contributed by atoms with van der Waals surface area (Å²) in [5.41, 5.74) is 6.40. The van der Waals surface area contributed by atoms with Crippen molar-refractivity contribution >= 4 is 15.5 Å². The average molecular weight is 215 g/mol. The van der Waals surface area contributed by atoms with E-state index in [9.17, 15) is 8.42 Å². The summed E-state index contributed by atoms with van der Waals surface area (Å²) in [5.74, 6) is 0.0586. The lowest BCUT2D eigenvalue weighted by Gasteiger charge is -2.05. The summed E-state index contributed by atoms with van der Waals surface area (Å²) in [7, 11) is -3.07. The van der Waals surface area contributed by atoms with Crippen LogP contribution < -0.4 is 5.73 Å². The van der Waals surface area contributed by atoms with Crippen LogP contribution in [0.3, 0.4) is 0 Å². The van der Waals surface area contributed by atoms with Gasteiger partial charge in [0, 0.05) is 17.5 Å². The molecule has 1 aromatic carbocycles. The quantitative estimate of drug-likeness (QED) is 0.734. The molecule has 0 aliphatic rings. The van der Waals surface area contributed by atoms with E-state index >= 15 is 0 Å². The minimum Gasteiger partial charge on any atom is -0.508 e. The first-order valence-corrected chi connectivity index (χ1v) is 6.04. The highest BCUT2D eigenvalue weighted by Crippen LogP contribution is 2.20. The molecule has 0 aromatic heterocycles. The molecule has 0 radical (unpaired) electrons. The van der Waals surface area contributed by atoms with E-state index in [1.54, 1.807) is 6.92 Å². The minimum absolute atomic E-state index is 0.0418. The molecule has 0 saturated carbocycles. The zero-order valence-corrected chi connectivity index (χ0v) is 8.71. The normalized spacial score (nSPS) is 11.5. The molecule has 0 unspecified atom stereocenters. The number of phenols is 1. The van der Waals surface area contributed by atoms with Gasteiger partial charge in [0.15, 0.2) is 9.84 Å². The number of sulfone groups is 1. The van der Waals surface area contributed by atoms with Crippen LogP contribution in [0, 0.1) is 0 Å². The molecule has 4 nitrogen and oxygen atoms in total. The molecule has 0 atom stereocenters. The minimum atomic E-state index is -3.07. The summed E-state index contributed by atoms with van der Waals surface area (Å²) in [5, 5.41) is 9.06. The summed E-state index contributed by atoms with van der Waals surface area (Å²) < 4.78 is 22.6. The van der Waals surface area contributed by atoms with Crippen LogP contribution in [0.15, 0.2) is 18.2 Å². The third-order valence-electron chi connectivity index (χ3n) is 1.94. The van der Waals surface area contributed by atoms with Gasteiger partial charge in [-0.2, -0.15) is 0 Å². The van der Waals surface area contributed by atoms with Crippen molar-refractivity contribution in [3.63, 3.8) is 0 Å². The van der Waals surface area contributed by atoms with Gasteiger partial charge in [0.2, 0.25) is 0 Å². The number of anilines is 1. The standard InChI is InChI=1S/C9H13NO3S/c1-2-14(12,13)6-7-3-4-8(11)5-9(7)10/h3-5,11H,2,6,10H2,1H3. The van der Waals surface area contributed by atoms with Crippen LogP contribution in [0.25, 0.3) is 0 Å². The molecular weight excluding hydrogens is 202 g/mol. The number of phenolic OH excluding ortho intramolecular Hbond substituents is 1. The van der Waals surface area contributed by atoms with E-state index in [1.165, 1.54) is 18.2 Å². The predicted molar refractivity (Wildman–Crippen MR) is 55.7 cm³/mol. The molecule has 0 spiro atoms. The third-order valence-corrected chi connectivity index (χ3v) is 3.58. The van der Waals surface area contributed by atoms with Crippen molar-refractivity contribution in [3.05, 3.63) is 23.8 Å². The van der Waals surface area contributed by atoms with Gasteiger partial charge in [-0.1, -0.05) is 13.0 Å². The summed E-state index contributed by atoms with van der Waals surface area (Å²) >= 11 is 0. The maximum absolute atomic E-state index is 11.3. The fourth-order valence-electron chi connectivity index (χ4n) is 1.05. The van der Waals surface area contributed by atoms with Crippen LogP contribution in [0.2, 0.25) is 0 Å². The Morgan fingerprint density at radius 3 is 2.57 bits per heavy atom. The molecule has 1 rings (SSSR count). The summed E-state index contributed by atoms with van der Waals surface area (Å²) in [6.45, 7) is 1.59. The molecule has 14 heavy (non-hydrogen) atoms. The third kappa shape index (κ3) is 2.63. The first-order valence-electron chi connectivity index (χ1n) is 4.22. The van der Waals surface area contributed by atoms with Crippen molar-refractivity contribution in [2.75, 3.05) is 11.5 Å². The number of rotatable bonds is 3. The zero-order chi connectivity index (χ0) is 10.8. The van der Waals surface area contributed by atoms with Crippen molar-refractivity contribution < 1.29 is 13.5 Å². The van der Waals surface area contributed by atoms with Crippen molar-refractivity contribution in [2.24, 2.45) is 0 Å². The maximum atomic E-state index is 11.3. The summed E-state index contributed by atoms with van der Waals surface area (Å²) in [6.07, 6.45) is 0. The van der Waals surface area contributed by atoms with Gasteiger partial charge in [-0.05, 0) is 11.6 Å². The van der Waals surface area contributed by atoms with Crippen molar-refractivity contribution in [2.45, 2.75) is 12.7 Å². The molecule has 0 fully saturated rings. The van der Waals surface area contributed by atoms with E-state index in [4.69, 9.17) is 10.8 Å². The number of hydrogen-bond acceptors (Lipinski definition) is 4. The van der Waals surface area contributed by atoms with E-state index in [1.807, 2.05) is 0 Å². The maximum Gasteiger partial charge on any atom is 0.154 e. The number of nitrogen functional groups attached to an aromatic ring is 1. The van der Waals surface area contributed by atoms with E-state index in [0.29, 0.717) is 11.3 Å². The topological polar surface area (TPSA) is 80.4 Å². The van der Waals surface area contributed by atoms with Crippen LogP contribution in [-0.2, 0) is 15.6 Å². The highest BCUT2D eigenvalue weighted by molar-refractivity contribution is 7.90. The van der Waals surface area contributed by atoms with Crippen molar-refractivity contribution in [3.8, 4) is 5.75 Å². The Labute approximate surface area is 83.3 Å². The molecule has 0 amide bonds. The first kappa shape index (κ1) is 10.8. The number of benzene rings is 1. The molecule has 0 saturated heterocycles. The Balaban J connectivity index is 2.99. The lowest BCUT2D eigenvalue weighted by Crippen LogP contribution is -2.08. The number of hydrogen-bond donors (Lipinski definition) is 2. The molecule has 3 N–H and O–H groups in total. The Morgan fingerprint density at radius 1 is 1.43 bits per heavy atom. The second-order valence-corrected chi connectivity index (χ2v) is 5.41. The SMILES string of the molecule is CCS(=O)(=O)Cc1ccc(O)cc1N. The Bertz CT molecular complexity index is 426. The van der Waals surface area contributed by atoms with Gasteiger partial charge >= 0.3 is 0 Å². The lowest BCUT2D eigenvalue weighted by atomic mass is 10.2. The van der Waals surface area contributed by atoms with Gasteiger partial charge in [-0.25, -0.2) is 8.42 Å². The fraction of sp³-hybridized carbons (Fsp3) is 0.333. The van der Waals surface area contributed by atoms with Crippen LogP contribution >= 0.6 is 0 Å². The molecule has 0 aliphatic heterocycles. The molecule has 78 valence electrons. The summed E-state index contributed by atoms with van der Waals surface area (Å²) in [4.78, 5) is 0. The van der Waals surface area contributed by atoms with Crippen LogP contribution in [0.4, 0.5) is 5.69 Å². The van der Waals surface area contributed by atoms with E-state index in [2.05, 4.69) is 0 Å². The van der Waals surface area contributed by atoms with Crippen LogP contribution in [0.5, 0.6) is 5.75 Å². The molecule has 0 aliphatic carbocycles. The highest BCUT2D eigenvalue weighted by atomic mass is 32.2. The van der Waals surface area contributed by atoms with Gasteiger partial charge in [-0.15, -0.1) is 0 Å². The van der Waals surface area contributed by atoms with Crippen molar-refractivity contribution in [1.82, 2.24) is 0 Å². The van der Waals surface area contributed by atoms with Crippen LogP contribution in [-0.4, -0.2) is 19.3 Å². The van der Waals surface area contributed by atoms with E-state index in [0.717, 1.165) is 0 Å². The fourth-order valence-corrected chi connectivity index (χ4v) is 1.99. The zero-order valence-electron chi connectivity index (χ0n) is 7.90. The number of aromatic hydroxyl groups is 1. The van der Waals surface area contributed by atoms with Crippen molar-refractivity contribution in [1.29, 1.82) is 0 Å². The van der Waals surface area contributed by atoms with Gasteiger partial charge in [0.1, 0.15) is 5.75 Å². The van der Waals surface area contributed by atoms with Crippen LogP contribution in [0.1, 0.15) is 12.5 Å². The Morgan fingerprint density at radius 2 is 2.07 bits per heavy atom. The second-order valence-electron chi connectivity index (χ2n) is 3.06. The molecule has 0 heterocycles. The monoisotopic (exact) mass is 215 g/mol. The smallest absolute Gasteiger partial charge is 0.154 e.